The molecule has 0 bridgehead atoms. The van der Waals surface area contributed by atoms with E-state index in [1.54, 1.807) is 0 Å². The minimum absolute atomic E-state index is 0.750. The van der Waals surface area contributed by atoms with E-state index in [-0.39, 0.29) is 0 Å². The first-order chi connectivity index (χ1) is 23.6. The molecule has 8 rings (SSSR count). The maximum absolute atomic E-state index is 16.2. The number of rotatable bonds is 7. The smallest absolute Gasteiger partial charge is 0.171 e. The van der Waals surface area contributed by atoms with Gasteiger partial charge in [0.15, 0.2) is 14.3 Å². The molecule has 0 fully saturated rings. The van der Waals surface area contributed by atoms with Crippen molar-refractivity contribution in [2.45, 2.75) is 12.8 Å². The van der Waals surface area contributed by atoms with Crippen molar-refractivity contribution in [1.29, 1.82) is 0 Å². The van der Waals surface area contributed by atoms with Crippen molar-refractivity contribution in [3.8, 4) is 11.1 Å². The summed E-state index contributed by atoms with van der Waals surface area (Å²) in [5, 5.41) is 6.62. The molecule has 48 heavy (non-hydrogen) atoms. The maximum atomic E-state index is 16.2. The number of aryl methyl sites for hydroxylation is 1. The zero-order valence-electron chi connectivity index (χ0n) is 26.4. The van der Waals surface area contributed by atoms with Gasteiger partial charge in [-0.15, -0.1) is 0 Å². The quantitative estimate of drug-likeness (QED) is 0.161. The second-order valence-electron chi connectivity index (χ2n) is 12.2. The van der Waals surface area contributed by atoms with Crippen LogP contribution in [0.5, 0.6) is 0 Å². The Morgan fingerprint density at radius 3 is 1.38 bits per heavy atom. The van der Waals surface area contributed by atoms with Crippen molar-refractivity contribution in [2.24, 2.45) is 0 Å². The third-order valence-corrected chi connectivity index (χ3v) is 15.7. The minimum atomic E-state index is -3.45. The highest BCUT2D eigenvalue weighted by Crippen LogP contribution is 2.51. The number of allylic oxidation sites excluding steroid dienone is 1. The molecule has 0 unspecified atom stereocenters. The summed E-state index contributed by atoms with van der Waals surface area (Å²) < 4.78 is 32.5. The van der Waals surface area contributed by atoms with Crippen molar-refractivity contribution in [3.63, 3.8) is 0 Å². The molecule has 0 amide bonds. The molecule has 0 heterocycles. The molecule has 7 aromatic rings. The molecular formula is C44H34O2P2. The number of hydrogen-bond donors (Lipinski definition) is 0. The summed E-state index contributed by atoms with van der Waals surface area (Å²) in [5.41, 5.74) is 4.04. The molecule has 0 spiro atoms. The van der Waals surface area contributed by atoms with Crippen LogP contribution in [0.25, 0.3) is 28.0 Å². The summed E-state index contributed by atoms with van der Waals surface area (Å²) >= 11 is 0. The van der Waals surface area contributed by atoms with Gasteiger partial charge < -0.3 is 9.13 Å². The molecule has 2 nitrogen and oxygen atoms in total. The van der Waals surface area contributed by atoms with Crippen LogP contribution in [-0.4, -0.2) is 0 Å². The first-order valence-corrected chi connectivity index (χ1v) is 19.8. The summed E-state index contributed by atoms with van der Waals surface area (Å²) in [4.78, 5) is 0. The fourth-order valence-electron chi connectivity index (χ4n) is 7.22. The molecule has 0 N–H and O–H groups in total. The molecule has 1 aliphatic carbocycles. The van der Waals surface area contributed by atoms with Crippen molar-refractivity contribution in [2.75, 3.05) is 0 Å². The van der Waals surface area contributed by atoms with E-state index in [1.807, 2.05) is 133 Å². The Balaban J connectivity index is 1.58. The van der Waals surface area contributed by atoms with E-state index in [4.69, 9.17) is 0 Å². The highest BCUT2D eigenvalue weighted by Gasteiger charge is 2.38. The Hall–Kier alpha value is -5.00. The van der Waals surface area contributed by atoms with Gasteiger partial charge in [0.25, 0.3) is 0 Å². The van der Waals surface area contributed by atoms with E-state index in [9.17, 15) is 0 Å². The van der Waals surface area contributed by atoms with Crippen LogP contribution < -0.4 is 31.8 Å². The zero-order valence-corrected chi connectivity index (χ0v) is 28.2. The molecule has 0 radical (unpaired) electrons. The number of benzene rings is 7. The maximum Gasteiger partial charge on any atom is 0.171 e. The van der Waals surface area contributed by atoms with E-state index in [0.29, 0.717) is 0 Å². The Morgan fingerprint density at radius 2 is 0.854 bits per heavy atom. The van der Waals surface area contributed by atoms with Gasteiger partial charge in [0, 0.05) is 43.0 Å². The van der Waals surface area contributed by atoms with E-state index in [0.717, 1.165) is 72.1 Å². The van der Waals surface area contributed by atoms with Crippen LogP contribution in [-0.2, 0) is 15.6 Å². The molecule has 7 aromatic carbocycles. The van der Waals surface area contributed by atoms with Gasteiger partial charge in [-0.1, -0.05) is 170 Å². The highest BCUT2D eigenvalue weighted by atomic mass is 31.2. The average Bonchev–Trinajstić information content (AvgIpc) is 3.18. The largest absolute Gasteiger partial charge is 0.309 e. The fourth-order valence-corrected chi connectivity index (χ4v) is 13.0. The van der Waals surface area contributed by atoms with E-state index in [2.05, 4.69) is 48.6 Å². The second kappa shape index (κ2) is 12.6. The first-order valence-electron chi connectivity index (χ1n) is 16.4. The molecule has 0 atom stereocenters. The lowest BCUT2D eigenvalue weighted by atomic mass is 9.88. The standard InChI is InChI=1S/C44H34O2P2/c45-47(35-19-5-1-6-20-35,36-21-7-2-8-22-36)41-31-29-33-17-13-15-27-39(33)43(41)44-40-28-16-14-18-34(40)30-32-42(44)48(46,37-23-9-3-10-24-37)38-25-11-4-12-26-38/h1-13,15-17,19-32H,14,18H2. The summed E-state index contributed by atoms with van der Waals surface area (Å²) in [6.07, 6.45) is 6.23. The van der Waals surface area contributed by atoms with Gasteiger partial charge in [-0.05, 0) is 46.9 Å². The number of hydrogen-bond acceptors (Lipinski definition) is 2. The van der Waals surface area contributed by atoms with Crippen LogP contribution >= 0.6 is 14.3 Å². The first kappa shape index (κ1) is 30.3. The Bertz CT molecular complexity index is 2300. The van der Waals surface area contributed by atoms with E-state index >= 15 is 9.13 Å². The van der Waals surface area contributed by atoms with Gasteiger partial charge in [-0.2, -0.15) is 0 Å². The van der Waals surface area contributed by atoms with Crippen LogP contribution in [0.1, 0.15) is 17.5 Å². The van der Waals surface area contributed by atoms with Gasteiger partial charge in [-0.25, -0.2) is 0 Å². The third-order valence-electron chi connectivity index (χ3n) is 9.49. The topological polar surface area (TPSA) is 34.1 Å². The predicted molar refractivity (Wildman–Crippen MR) is 206 cm³/mol. The van der Waals surface area contributed by atoms with Gasteiger partial charge in [0.1, 0.15) is 0 Å². The molecule has 0 saturated carbocycles. The monoisotopic (exact) mass is 656 g/mol. The third kappa shape index (κ3) is 4.96. The minimum Gasteiger partial charge on any atom is -0.309 e. The molecule has 0 aliphatic heterocycles. The lowest BCUT2D eigenvalue weighted by Gasteiger charge is -2.30. The fraction of sp³-hybridized carbons (Fsp3) is 0.0455. The Labute approximate surface area is 282 Å². The predicted octanol–water partition coefficient (Wildman–Crippen LogP) is 8.75. The van der Waals surface area contributed by atoms with Crippen LogP contribution in [0.4, 0.5) is 0 Å². The summed E-state index contributed by atoms with van der Waals surface area (Å²) in [6.45, 7) is 0. The average molecular weight is 657 g/mol. The summed E-state index contributed by atoms with van der Waals surface area (Å²) in [6, 6.07) is 56.1. The van der Waals surface area contributed by atoms with Crippen molar-refractivity contribution < 1.29 is 9.13 Å². The van der Waals surface area contributed by atoms with Crippen molar-refractivity contribution >= 4 is 63.0 Å². The molecule has 4 heteroatoms. The van der Waals surface area contributed by atoms with Crippen molar-refractivity contribution in [3.05, 3.63) is 187 Å². The molecule has 232 valence electrons. The van der Waals surface area contributed by atoms with Crippen LogP contribution in [0.2, 0.25) is 0 Å². The molecule has 1 aliphatic rings. The Kier molecular flexibility index (Phi) is 7.93. The van der Waals surface area contributed by atoms with E-state index < -0.39 is 14.3 Å². The second-order valence-corrected chi connectivity index (χ2v) is 17.7. The van der Waals surface area contributed by atoms with Crippen molar-refractivity contribution in [1.82, 2.24) is 0 Å². The highest BCUT2D eigenvalue weighted by molar-refractivity contribution is 7.86. The lowest BCUT2D eigenvalue weighted by molar-refractivity contribution is 0.591. The number of fused-ring (bicyclic) bond motifs is 2. The van der Waals surface area contributed by atoms with Gasteiger partial charge in [0.05, 0.1) is 0 Å². The molecule has 0 saturated heterocycles. The molecule has 0 aromatic heterocycles. The van der Waals surface area contributed by atoms with Crippen LogP contribution in [0.3, 0.4) is 0 Å². The summed E-state index contributed by atoms with van der Waals surface area (Å²) in [5.74, 6) is 0. The molecular weight excluding hydrogens is 622 g/mol. The van der Waals surface area contributed by atoms with E-state index in [1.165, 1.54) is 5.56 Å². The summed E-state index contributed by atoms with van der Waals surface area (Å²) in [7, 11) is -6.89. The van der Waals surface area contributed by atoms with Crippen LogP contribution in [0.15, 0.2) is 176 Å². The van der Waals surface area contributed by atoms with Crippen LogP contribution in [0, 0.1) is 0 Å². The SMILES string of the molecule is O=P(c1ccccc1)(c1ccccc1)c1ccc2c(c1-c1c(P(=O)(c3ccccc3)c3ccccc3)ccc3ccccc13)C=CCC2. The Morgan fingerprint density at radius 1 is 0.417 bits per heavy atom. The lowest BCUT2D eigenvalue weighted by Crippen LogP contribution is -2.30. The zero-order chi connectivity index (χ0) is 32.6. The van der Waals surface area contributed by atoms with Gasteiger partial charge in [0.2, 0.25) is 0 Å². The van der Waals surface area contributed by atoms with Gasteiger partial charge >= 0.3 is 0 Å². The van der Waals surface area contributed by atoms with Gasteiger partial charge in [-0.3, -0.25) is 0 Å². The normalized spacial score (nSPS) is 12.9.